The van der Waals surface area contributed by atoms with E-state index < -0.39 is 0 Å². The van der Waals surface area contributed by atoms with Gasteiger partial charge in [-0.3, -0.25) is 0 Å². The van der Waals surface area contributed by atoms with E-state index in [0.717, 1.165) is 21.2 Å². The molecular formula is C12H11ClN2S. The third kappa shape index (κ3) is 2.68. The summed E-state index contributed by atoms with van der Waals surface area (Å²) in [7, 11) is 0. The number of halogens is 1. The summed E-state index contributed by atoms with van der Waals surface area (Å²) < 4.78 is 0. The minimum Gasteiger partial charge on any atom is -0.399 e. The van der Waals surface area contributed by atoms with E-state index in [9.17, 15) is 0 Å². The van der Waals surface area contributed by atoms with Gasteiger partial charge in [0.1, 0.15) is 5.03 Å². The summed E-state index contributed by atoms with van der Waals surface area (Å²) >= 11 is 7.56. The summed E-state index contributed by atoms with van der Waals surface area (Å²) in [5, 5.41) is 1.46. The van der Waals surface area contributed by atoms with Gasteiger partial charge in [0, 0.05) is 16.8 Å². The van der Waals surface area contributed by atoms with Gasteiger partial charge in [-0.2, -0.15) is 0 Å². The molecule has 16 heavy (non-hydrogen) atoms. The zero-order valence-corrected chi connectivity index (χ0v) is 10.3. The van der Waals surface area contributed by atoms with Crippen LogP contribution in [-0.4, -0.2) is 4.98 Å². The molecule has 0 fully saturated rings. The molecule has 2 nitrogen and oxygen atoms in total. The normalized spacial score (nSPS) is 10.4. The van der Waals surface area contributed by atoms with Crippen molar-refractivity contribution >= 4 is 29.1 Å². The van der Waals surface area contributed by atoms with E-state index in [-0.39, 0.29) is 0 Å². The molecule has 2 aromatic rings. The Bertz CT molecular complexity index is 494. The molecule has 1 heterocycles. The van der Waals surface area contributed by atoms with Gasteiger partial charge in [-0.15, -0.1) is 0 Å². The second-order valence-electron chi connectivity index (χ2n) is 3.47. The fourth-order valence-corrected chi connectivity index (χ4v) is 2.57. The molecule has 0 saturated carbocycles. The maximum absolute atomic E-state index is 6.04. The van der Waals surface area contributed by atoms with E-state index in [0.29, 0.717) is 5.02 Å². The van der Waals surface area contributed by atoms with Crippen molar-refractivity contribution in [2.75, 3.05) is 5.73 Å². The maximum Gasteiger partial charge on any atom is 0.119 e. The Hall–Kier alpha value is -1.19. The SMILES string of the molecule is Cc1cc(N)cc(Sc2ncccc2Cl)c1. The fraction of sp³-hybridized carbons (Fsp3) is 0.0833. The molecule has 1 aromatic heterocycles. The van der Waals surface area contributed by atoms with E-state index in [1.165, 1.54) is 11.8 Å². The average molecular weight is 251 g/mol. The third-order valence-corrected chi connectivity index (χ3v) is 3.42. The highest BCUT2D eigenvalue weighted by Gasteiger charge is 2.04. The van der Waals surface area contributed by atoms with Crippen LogP contribution in [0, 0.1) is 6.92 Å². The first-order valence-electron chi connectivity index (χ1n) is 4.81. The van der Waals surface area contributed by atoms with E-state index in [1.54, 1.807) is 6.20 Å². The molecule has 0 bridgehead atoms. The van der Waals surface area contributed by atoms with Crippen LogP contribution < -0.4 is 5.73 Å². The topological polar surface area (TPSA) is 38.9 Å². The zero-order valence-electron chi connectivity index (χ0n) is 8.77. The molecule has 4 heteroatoms. The first-order valence-corrected chi connectivity index (χ1v) is 6.00. The number of anilines is 1. The van der Waals surface area contributed by atoms with Crippen molar-refractivity contribution in [1.82, 2.24) is 4.98 Å². The smallest absolute Gasteiger partial charge is 0.119 e. The lowest BCUT2D eigenvalue weighted by Crippen LogP contribution is -1.87. The largest absolute Gasteiger partial charge is 0.399 e. The first kappa shape index (κ1) is 11.3. The predicted molar refractivity (Wildman–Crippen MR) is 69.0 cm³/mol. The fourth-order valence-electron chi connectivity index (χ4n) is 1.39. The van der Waals surface area contributed by atoms with Crippen LogP contribution >= 0.6 is 23.4 Å². The van der Waals surface area contributed by atoms with Gasteiger partial charge in [-0.1, -0.05) is 23.4 Å². The predicted octanol–water partition coefficient (Wildman–Crippen LogP) is 3.78. The number of aromatic nitrogens is 1. The van der Waals surface area contributed by atoms with Crippen molar-refractivity contribution in [3.63, 3.8) is 0 Å². The number of aryl methyl sites for hydroxylation is 1. The van der Waals surface area contributed by atoms with Crippen molar-refractivity contribution in [2.24, 2.45) is 0 Å². The summed E-state index contributed by atoms with van der Waals surface area (Å²) in [5.74, 6) is 0. The van der Waals surface area contributed by atoms with Gasteiger partial charge in [-0.25, -0.2) is 4.98 Å². The van der Waals surface area contributed by atoms with E-state index in [4.69, 9.17) is 17.3 Å². The van der Waals surface area contributed by atoms with Crippen LogP contribution in [0.4, 0.5) is 5.69 Å². The van der Waals surface area contributed by atoms with Gasteiger partial charge in [0.25, 0.3) is 0 Å². The lowest BCUT2D eigenvalue weighted by atomic mass is 10.2. The van der Waals surface area contributed by atoms with Crippen LogP contribution in [0.15, 0.2) is 46.5 Å². The molecule has 2 N–H and O–H groups in total. The number of pyridine rings is 1. The first-order chi connectivity index (χ1) is 7.65. The number of nitrogen functional groups attached to an aromatic ring is 1. The van der Waals surface area contributed by atoms with Gasteiger partial charge in [0.15, 0.2) is 0 Å². The number of rotatable bonds is 2. The second kappa shape index (κ2) is 4.76. The lowest BCUT2D eigenvalue weighted by molar-refractivity contribution is 1.13. The molecule has 2 rings (SSSR count). The molecule has 82 valence electrons. The molecule has 0 radical (unpaired) electrons. The number of hydrogen-bond acceptors (Lipinski definition) is 3. The second-order valence-corrected chi connectivity index (χ2v) is 4.94. The Morgan fingerprint density at radius 2 is 2.12 bits per heavy atom. The van der Waals surface area contributed by atoms with Crippen LogP contribution in [0.3, 0.4) is 0 Å². The van der Waals surface area contributed by atoms with Crippen LogP contribution in [0.25, 0.3) is 0 Å². The minimum atomic E-state index is 0.660. The Morgan fingerprint density at radius 3 is 2.81 bits per heavy atom. The quantitative estimate of drug-likeness (QED) is 0.825. The highest BCUT2D eigenvalue weighted by atomic mass is 35.5. The Kier molecular flexibility index (Phi) is 3.36. The lowest BCUT2D eigenvalue weighted by Gasteiger charge is -2.05. The Labute approximate surface area is 104 Å². The molecule has 0 spiro atoms. The highest BCUT2D eigenvalue weighted by molar-refractivity contribution is 7.99. The van der Waals surface area contributed by atoms with Crippen molar-refractivity contribution in [1.29, 1.82) is 0 Å². The summed E-state index contributed by atoms with van der Waals surface area (Å²) in [6.07, 6.45) is 1.73. The van der Waals surface area contributed by atoms with Crippen LogP contribution in [0.1, 0.15) is 5.56 Å². The molecule has 0 atom stereocenters. The molecule has 0 saturated heterocycles. The average Bonchev–Trinajstić information content (AvgIpc) is 2.20. The summed E-state index contributed by atoms with van der Waals surface area (Å²) in [4.78, 5) is 5.28. The third-order valence-electron chi connectivity index (χ3n) is 2.01. The van der Waals surface area contributed by atoms with E-state index in [1.807, 2.05) is 31.2 Å². The summed E-state index contributed by atoms with van der Waals surface area (Å²) in [6.45, 7) is 2.01. The summed E-state index contributed by atoms with van der Waals surface area (Å²) in [5.41, 5.74) is 7.68. The van der Waals surface area contributed by atoms with E-state index in [2.05, 4.69) is 11.1 Å². The van der Waals surface area contributed by atoms with Gasteiger partial charge < -0.3 is 5.73 Å². The molecular weight excluding hydrogens is 240 g/mol. The Balaban J connectivity index is 2.30. The van der Waals surface area contributed by atoms with Crippen molar-refractivity contribution in [3.05, 3.63) is 47.1 Å². The van der Waals surface area contributed by atoms with Crippen LogP contribution in [0.2, 0.25) is 5.02 Å². The van der Waals surface area contributed by atoms with Crippen LogP contribution in [0.5, 0.6) is 0 Å². The standard InChI is InChI=1S/C12H11ClN2S/c1-8-5-9(14)7-10(6-8)16-12-11(13)3-2-4-15-12/h2-7H,14H2,1H3. The molecule has 0 amide bonds. The minimum absolute atomic E-state index is 0.660. The molecule has 1 aromatic carbocycles. The summed E-state index contributed by atoms with van der Waals surface area (Å²) in [6, 6.07) is 9.56. The number of nitrogens with zero attached hydrogens (tertiary/aromatic N) is 1. The molecule has 0 aliphatic carbocycles. The molecule has 0 aliphatic rings. The number of benzene rings is 1. The van der Waals surface area contributed by atoms with Gasteiger partial charge >= 0.3 is 0 Å². The van der Waals surface area contributed by atoms with Gasteiger partial charge in [0.05, 0.1) is 5.02 Å². The van der Waals surface area contributed by atoms with Crippen LogP contribution in [-0.2, 0) is 0 Å². The monoisotopic (exact) mass is 250 g/mol. The van der Waals surface area contributed by atoms with Crippen molar-refractivity contribution in [2.45, 2.75) is 16.8 Å². The number of hydrogen-bond donors (Lipinski definition) is 1. The number of nitrogens with two attached hydrogens (primary N) is 1. The van der Waals surface area contributed by atoms with E-state index >= 15 is 0 Å². The Morgan fingerprint density at radius 1 is 1.31 bits per heavy atom. The van der Waals surface area contributed by atoms with Gasteiger partial charge in [-0.05, 0) is 42.8 Å². The molecule has 0 aliphatic heterocycles. The van der Waals surface area contributed by atoms with Crippen molar-refractivity contribution < 1.29 is 0 Å². The molecule has 0 unspecified atom stereocenters. The van der Waals surface area contributed by atoms with Crippen molar-refractivity contribution in [3.8, 4) is 0 Å². The maximum atomic E-state index is 6.04. The highest BCUT2D eigenvalue weighted by Crippen LogP contribution is 2.32. The van der Waals surface area contributed by atoms with Gasteiger partial charge in [0.2, 0.25) is 0 Å². The zero-order chi connectivity index (χ0) is 11.5.